The van der Waals surface area contributed by atoms with Crippen LogP contribution in [0.15, 0.2) is 77.9 Å². The Morgan fingerprint density at radius 1 is 1.03 bits per heavy atom. The van der Waals surface area contributed by atoms with E-state index in [1.54, 1.807) is 12.1 Å². The molecule has 6 heteroatoms. The van der Waals surface area contributed by atoms with E-state index in [-0.39, 0.29) is 22.1 Å². The molecule has 162 valence electrons. The van der Waals surface area contributed by atoms with Crippen molar-refractivity contribution in [2.75, 3.05) is 0 Å². The Kier molecular flexibility index (Phi) is 4.73. The van der Waals surface area contributed by atoms with Crippen LogP contribution in [0.25, 0.3) is 0 Å². The third-order valence-corrected chi connectivity index (χ3v) is 6.15. The van der Waals surface area contributed by atoms with Crippen LogP contribution in [-0.2, 0) is 5.41 Å². The van der Waals surface area contributed by atoms with E-state index >= 15 is 0 Å². The first-order chi connectivity index (χ1) is 15.3. The van der Waals surface area contributed by atoms with Gasteiger partial charge in [0, 0.05) is 29.7 Å². The van der Waals surface area contributed by atoms with E-state index in [4.69, 9.17) is 9.84 Å². The molecule has 0 amide bonds. The summed E-state index contributed by atoms with van der Waals surface area (Å²) in [5.74, 6) is 0.672. The number of non-ortho nitro benzene ring substituents is 1. The molecular weight excluding hydrogens is 402 g/mol. The zero-order chi connectivity index (χ0) is 22.5. The minimum Gasteiger partial charge on any atom is -0.464 e. The van der Waals surface area contributed by atoms with E-state index in [0.29, 0.717) is 12.2 Å². The van der Waals surface area contributed by atoms with E-state index in [9.17, 15) is 10.1 Å². The molecule has 0 radical (unpaired) electrons. The summed E-state index contributed by atoms with van der Waals surface area (Å²) in [6, 6.07) is 23.2. The van der Waals surface area contributed by atoms with Crippen molar-refractivity contribution in [1.29, 1.82) is 0 Å². The summed E-state index contributed by atoms with van der Waals surface area (Å²) in [7, 11) is 0. The number of hydrazone groups is 1. The first-order valence-electron chi connectivity index (χ1n) is 10.8. The lowest BCUT2D eigenvalue weighted by molar-refractivity contribution is -0.385. The fourth-order valence-corrected chi connectivity index (χ4v) is 4.36. The lowest BCUT2D eigenvalue weighted by atomic mass is 9.86. The largest absolute Gasteiger partial charge is 0.464 e. The molecule has 0 aromatic heterocycles. The summed E-state index contributed by atoms with van der Waals surface area (Å²) in [5, 5.41) is 18.3. The highest BCUT2D eigenvalue weighted by atomic mass is 16.6. The minimum absolute atomic E-state index is 0.0618. The van der Waals surface area contributed by atoms with E-state index in [1.165, 1.54) is 11.6 Å². The van der Waals surface area contributed by atoms with Gasteiger partial charge in [0.25, 0.3) is 5.69 Å². The summed E-state index contributed by atoms with van der Waals surface area (Å²) in [6.45, 7) is 6.57. The van der Waals surface area contributed by atoms with E-state index < -0.39 is 6.23 Å². The molecule has 0 fully saturated rings. The summed E-state index contributed by atoms with van der Waals surface area (Å²) in [6.07, 6.45) is 0.266. The fourth-order valence-electron chi connectivity index (χ4n) is 4.36. The highest BCUT2D eigenvalue weighted by molar-refractivity contribution is 6.01. The standard InChI is InChI=1S/C26H25N3O3/c1-26(2,3)19-11-9-18(10-12-19)25-28-23(16-22(27-28)17-7-5-4-6-8-17)21-15-20(29(30)31)13-14-24(21)32-25/h4-15,23,25H,16H2,1-3H3. The van der Waals surface area contributed by atoms with E-state index in [1.807, 2.05) is 35.3 Å². The number of nitro benzene ring substituents is 1. The maximum absolute atomic E-state index is 11.4. The van der Waals surface area contributed by atoms with Crippen molar-refractivity contribution in [3.05, 3.63) is 105 Å². The Labute approximate surface area is 187 Å². The van der Waals surface area contributed by atoms with E-state index in [2.05, 4.69) is 45.0 Å². The van der Waals surface area contributed by atoms with Gasteiger partial charge >= 0.3 is 0 Å². The number of fused-ring (bicyclic) bond motifs is 3. The first-order valence-corrected chi connectivity index (χ1v) is 10.8. The van der Waals surface area contributed by atoms with Crippen LogP contribution < -0.4 is 4.74 Å². The lowest BCUT2D eigenvalue weighted by Crippen LogP contribution is -2.33. The molecule has 5 rings (SSSR count). The maximum Gasteiger partial charge on any atom is 0.270 e. The minimum atomic E-state index is -0.399. The van der Waals surface area contributed by atoms with Crippen molar-refractivity contribution in [1.82, 2.24) is 5.01 Å². The van der Waals surface area contributed by atoms with Gasteiger partial charge in [-0.3, -0.25) is 10.1 Å². The molecule has 2 aliphatic rings. The average Bonchev–Trinajstić information content (AvgIpc) is 3.24. The molecule has 2 heterocycles. The zero-order valence-electron chi connectivity index (χ0n) is 18.4. The van der Waals surface area contributed by atoms with Crippen LogP contribution >= 0.6 is 0 Å². The molecule has 0 N–H and O–H groups in total. The average molecular weight is 428 g/mol. The number of nitro groups is 1. The Balaban J connectivity index is 1.58. The summed E-state index contributed by atoms with van der Waals surface area (Å²) >= 11 is 0. The van der Waals surface area contributed by atoms with Crippen molar-refractivity contribution < 1.29 is 9.66 Å². The molecule has 0 bridgehead atoms. The molecule has 3 aromatic carbocycles. The van der Waals surface area contributed by atoms with Crippen LogP contribution in [0.5, 0.6) is 5.75 Å². The highest BCUT2D eigenvalue weighted by Gasteiger charge is 2.41. The van der Waals surface area contributed by atoms with Crippen LogP contribution in [0.3, 0.4) is 0 Å². The fraction of sp³-hybridized carbons (Fsp3) is 0.269. The van der Waals surface area contributed by atoms with Crippen molar-refractivity contribution in [3.8, 4) is 5.75 Å². The van der Waals surface area contributed by atoms with Gasteiger partial charge in [-0.1, -0.05) is 75.4 Å². The van der Waals surface area contributed by atoms with Gasteiger partial charge in [0.05, 0.1) is 16.7 Å². The molecule has 0 saturated carbocycles. The topological polar surface area (TPSA) is 68.0 Å². The molecule has 0 aliphatic carbocycles. The third kappa shape index (κ3) is 3.51. The Morgan fingerprint density at radius 3 is 2.41 bits per heavy atom. The second-order valence-electron chi connectivity index (χ2n) is 9.33. The molecule has 3 aromatic rings. The summed E-state index contributed by atoms with van der Waals surface area (Å²) < 4.78 is 6.37. The molecule has 6 nitrogen and oxygen atoms in total. The number of hydrogen-bond donors (Lipinski definition) is 0. The molecule has 2 unspecified atom stereocenters. The van der Waals surface area contributed by atoms with Gasteiger partial charge in [-0.15, -0.1) is 0 Å². The number of rotatable bonds is 3. The number of nitrogens with zero attached hydrogens (tertiary/aromatic N) is 3. The smallest absolute Gasteiger partial charge is 0.270 e. The first kappa shape index (κ1) is 20.2. The SMILES string of the molecule is CC(C)(C)c1ccc(C2Oc3ccc([N+](=O)[O-])cc3C3CC(c4ccccc4)=NN32)cc1. The van der Waals surface area contributed by atoms with Crippen molar-refractivity contribution in [2.24, 2.45) is 5.10 Å². The van der Waals surface area contributed by atoms with Crippen molar-refractivity contribution >= 4 is 11.4 Å². The lowest BCUT2D eigenvalue weighted by Gasteiger charge is -2.38. The molecule has 32 heavy (non-hydrogen) atoms. The normalized spacial score (nSPS) is 19.6. The molecular formula is C26H25N3O3. The highest BCUT2D eigenvalue weighted by Crippen LogP contribution is 2.48. The monoisotopic (exact) mass is 427 g/mol. The van der Waals surface area contributed by atoms with Crippen molar-refractivity contribution in [3.63, 3.8) is 0 Å². The van der Waals surface area contributed by atoms with Crippen LogP contribution in [0, 0.1) is 10.1 Å². The van der Waals surface area contributed by atoms with Crippen molar-refractivity contribution in [2.45, 2.75) is 44.9 Å². The Bertz CT molecular complexity index is 1200. The van der Waals surface area contributed by atoms with Gasteiger partial charge in [-0.25, -0.2) is 5.01 Å². The van der Waals surface area contributed by atoms with Crippen LogP contribution in [0.4, 0.5) is 5.69 Å². The predicted octanol–water partition coefficient (Wildman–Crippen LogP) is 6.13. The third-order valence-electron chi connectivity index (χ3n) is 6.15. The number of hydrogen-bond acceptors (Lipinski definition) is 5. The van der Waals surface area contributed by atoms with Gasteiger partial charge in [-0.05, 0) is 22.6 Å². The van der Waals surface area contributed by atoms with Gasteiger partial charge in [0.1, 0.15) is 5.75 Å². The molecule has 0 saturated heterocycles. The molecule has 0 spiro atoms. The van der Waals surface area contributed by atoms with Crippen LogP contribution in [0.2, 0.25) is 0 Å². The van der Waals surface area contributed by atoms with Gasteiger partial charge in [0.15, 0.2) is 0 Å². The number of ether oxygens (including phenoxy) is 1. The van der Waals surface area contributed by atoms with Gasteiger partial charge in [0.2, 0.25) is 6.23 Å². The molecule has 2 atom stereocenters. The zero-order valence-corrected chi connectivity index (χ0v) is 18.4. The van der Waals surface area contributed by atoms with Gasteiger partial charge < -0.3 is 4.74 Å². The van der Waals surface area contributed by atoms with Gasteiger partial charge in [-0.2, -0.15) is 5.10 Å². The summed E-state index contributed by atoms with van der Waals surface area (Å²) in [4.78, 5) is 11.0. The number of benzene rings is 3. The van der Waals surface area contributed by atoms with Crippen LogP contribution in [0.1, 0.15) is 61.7 Å². The van der Waals surface area contributed by atoms with E-state index in [0.717, 1.165) is 22.4 Å². The molecule has 2 aliphatic heterocycles. The summed E-state index contributed by atoms with van der Waals surface area (Å²) in [5.41, 5.74) is 5.19. The maximum atomic E-state index is 11.4. The Morgan fingerprint density at radius 2 is 1.75 bits per heavy atom. The van der Waals surface area contributed by atoms with Crippen LogP contribution in [-0.4, -0.2) is 15.6 Å². The quantitative estimate of drug-likeness (QED) is 0.372. The second kappa shape index (κ2) is 7.48. The predicted molar refractivity (Wildman–Crippen MR) is 124 cm³/mol. The second-order valence-corrected chi connectivity index (χ2v) is 9.33. The Hall–Kier alpha value is -3.67.